The van der Waals surface area contributed by atoms with E-state index in [1.807, 2.05) is 36.4 Å². The normalized spacial score (nSPS) is 10.5. The molecular weight excluding hydrogens is 511 g/mol. The fourth-order valence-electron chi connectivity index (χ4n) is 2.54. The molecule has 0 spiro atoms. The number of benzene rings is 3. The standard InChI is InChI=1S/C20H15Br2ClN2O3/c21-15-9-14(11-24-17-5-3-16(23)4-6-17)20(19(22)10-15)28-12-13-1-7-18(8-2-13)25(26)27/h1-10,24H,11-12H2. The van der Waals surface area contributed by atoms with E-state index in [0.29, 0.717) is 23.9 Å². The van der Waals surface area contributed by atoms with Crippen molar-refractivity contribution in [1.29, 1.82) is 0 Å². The summed E-state index contributed by atoms with van der Waals surface area (Å²) in [6.07, 6.45) is 0. The summed E-state index contributed by atoms with van der Waals surface area (Å²) in [7, 11) is 0. The molecule has 3 aromatic rings. The molecule has 144 valence electrons. The number of nitrogens with one attached hydrogen (secondary N) is 1. The molecule has 0 aliphatic rings. The predicted octanol–water partition coefficient (Wildman–Crippen LogP) is 6.96. The summed E-state index contributed by atoms with van der Waals surface area (Å²) >= 11 is 13.0. The number of nitrogens with zero attached hydrogens (tertiary/aromatic N) is 1. The van der Waals surface area contributed by atoms with Gasteiger partial charge >= 0.3 is 0 Å². The van der Waals surface area contributed by atoms with Gasteiger partial charge in [0.15, 0.2) is 0 Å². The molecule has 0 aliphatic heterocycles. The molecule has 0 radical (unpaired) electrons. The van der Waals surface area contributed by atoms with Crippen LogP contribution in [0.3, 0.4) is 0 Å². The van der Waals surface area contributed by atoms with E-state index < -0.39 is 4.92 Å². The maximum Gasteiger partial charge on any atom is 0.269 e. The SMILES string of the molecule is O=[N+]([O-])c1ccc(COc2c(Br)cc(Br)cc2CNc2ccc(Cl)cc2)cc1. The molecule has 0 heterocycles. The highest BCUT2D eigenvalue weighted by Crippen LogP contribution is 2.34. The van der Waals surface area contributed by atoms with Gasteiger partial charge in [0, 0.05) is 39.4 Å². The van der Waals surface area contributed by atoms with Crippen LogP contribution < -0.4 is 10.1 Å². The van der Waals surface area contributed by atoms with E-state index >= 15 is 0 Å². The van der Waals surface area contributed by atoms with E-state index in [2.05, 4.69) is 37.2 Å². The van der Waals surface area contributed by atoms with Gasteiger partial charge in [0.05, 0.1) is 9.40 Å². The van der Waals surface area contributed by atoms with Crippen molar-refractivity contribution in [2.45, 2.75) is 13.2 Å². The molecule has 0 aromatic heterocycles. The fourth-order valence-corrected chi connectivity index (χ4v) is 4.10. The fraction of sp³-hybridized carbons (Fsp3) is 0.100. The molecule has 0 aliphatic carbocycles. The number of ether oxygens (including phenoxy) is 1. The second-order valence-corrected chi connectivity index (χ2v) is 8.15. The van der Waals surface area contributed by atoms with E-state index in [4.69, 9.17) is 16.3 Å². The number of rotatable bonds is 7. The Bertz CT molecular complexity index is 980. The zero-order chi connectivity index (χ0) is 20.1. The highest BCUT2D eigenvalue weighted by atomic mass is 79.9. The second-order valence-electron chi connectivity index (χ2n) is 5.95. The van der Waals surface area contributed by atoms with E-state index in [0.717, 1.165) is 25.8 Å². The summed E-state index contributed by atoms with van der Waals surface area (Å²) in [5.41, 5.74) is 2.80. The van der Waals surface area contributed by atoms with Crippen molar-refractivity contribution in [3.8, 4) is 5.75 Å². The van der Waals surface area contributed by atoms with Gasteiger partial charge in [-0.15, -0.1) is 0 Å². The van der Waals surface area contributed by atoms with Crippen LogP contribution in [0.2, 0.25) is 5.02 Å². The Balaban J connectivity index is 1.74. The van der Waals surface area contributed by atoms with Crippen molar-refractivity contribution >= 4 is 54.8 Å². The van der Waals surface area contributed by atoms with E-state index in [9.17, 15) is 10.1 Å². The molecule has 3 aromatic carbocycles. The van der Waals surface area contributed by atoms with Gasteiger partial charge in [-0.1, -0.05) is 27.5 Å². The number of hydrogen-bond donors (Lipinski definition) is 1. The lowest BCUT2D eigenvalue weighted by Crippen LogP contribution is -2.05. The van der Waals surface area contributed by atoms with Gasteiger partial charge in [0.25, 0.3) is 5.69 Å². The lowest BCUT2D eigenvalue weighted by Gasteiger charge is -2.15. The minimum Gasteiger partial charge on any atom is -0.487 e. The quantitative estimate of drug-likeness (QED) is 0.267. The summed E-state index contributed by atoms with van der Waals surface area (Å²) in [4.78, 5) is 10.3. The van der Waals surface area contributed by atoms with Crippen LogP contribution in [0, 0.1) is 10.1 Å². The molecule has 8 heteroatoms. The van der Waals surface area contributed by atoms with Crippen LogP contribution in [0.15, 0.2) is 69.6 Å². The first kappa shape index (κ1) is 20.6. The number of nitro groups is 1. The van der Waals surface area contributed by atoms with Crippen LogP contribution in [0.25, 0.3) is 0 Å². The van der Waals surface area contributed by atoms with Crippen LogP contribution in [0.4, 0.5) is 11.4 Å². The highest BCUT2D eigenvalue weighted by molar-refractivity contribution is 9.11. The number of non-ortho nitro benzene ring substituents is 1. The molecule has 0 bridgehead atoms. The van der Waals surface area contributed by atoms with E-state index in [1.54, 1.807) is 12.1 Å². The van der Waals surface area contributed by atoms with Gasteiger partial charge in [0.2, 0.25) is 0 Å². The van der Waals surface area contributed by atoms with Crippen molar-refractivity contribution in [3.63, 3.8) is 0 Å². The summed E-state index contributed by atoms with van der Waals surface area (Å²) in [5, 5.41) is 14.8. The Morgan fingerprint density at radius 2 is 1.71 bits per heavy atom. The molecule has 0 atom stereocenters. The summed E-state index contributed by atoms with van der Waals surface area (Å²) < 4.78 is 7.76. The van der Waals surface area contributed by atoms with Gasteiger partial charge in [-0.05, 0) is 70.0 Å². The van der Waals surface area contributed by atoms with Crippen LogP contribution >= 0.6 is 43.5 Å². The number of halogens is 3. The number of hydrogen-bond acceptors (Lipinski definition) is 4. The third-order valence-corrected chi connectivity index (χ3v) is 5.24. The van der Waals surface area contributed by atoms with Crippen molar-refractivity contribution < 1.29 is 9.66 Å². The highest BCUT2D eigenvalue weighted by Gasteiger charge is 2.12. The Labute approximate surface area is 184 Å². The Hall–Kier alpha value is -2.09. The van der Waals surface area contributed by atoms with Gasteiger partial charge in [-0.3, -0.25) is 10.1 Å². The van der Waals surface area contributed by atoms with Gasteiger partial charge < -0.3 is 10.1 Å². The van der Waals surface area contributed by atoms with Crippen LogP contribution in [0.5, 0.6) is 5.75 Å². The Kier molecular flexibility index (Phi) is 6.93. The molecule has 0 amide bonds. The minimum absolute atomic E-state index is 0.0569. The Morgan fingerprint density at radius 1 is 1.04 bits per heavy atom. The third-order valence-electron chi connectivity index (χ3n) is 3.94. The topological polar surface area (TPSA) is 64.4 Å². The summed E-state index contributed by atoms with van der Waals surface area (Å²) in [6, 6.07) is 17.7. The average Bonchev–Trinajstić information content (AvgIpc) is 2.67. The molecule has 0 fully saturated rings. The van der Waals surface area contributed by atoms with Crippen molar-refractivity contribution in [1.82, 2.24) is 0 Å². The zero-order valence-electron chi connectivity index (χ0n) is 14.5. The molecule has 0 unspecified atom stereocenters. The maximum atomic E-state index is 10.8. The van der Waals surface area contributed by atoms with Gasteiger partial charge in [-0.2, -0.15) is 0 Å². The Morgan fingerprint density at radius 3 is 2.36 bits per heavy atom. The second kappa shape index (κ2) is 9.41. The first-order chi connectivity index (χ1) is 13.4. The van der Waals surface area contributed by atoms with Crippen LogP contribution in [-0.2, 0) is 13.2 Å². The number of nitro benzene ring substituents is 1. The molecule has 0 saturated heterocycles. The maximum absolute atomic E-state index is 10.8. The lowest BCUT2D eigenvalue weighted by atomic mass is 10.2. The first-order valence-electron chi connectivity index (χ1n) is 8.26. The van der Waals surface area contributed by atoms with E-state index in [-0.39, 0.29) is 5.69 Å². The van der Waals surface area contributed by atoms with Crippen molar-refractivity contribution in [2.75, 3.05) is 5.32 Å². The molecule has 3 rings (SSSR count). The van der Waals surface area contributed by atoms with Crippen LogP contribution in [0.1, 0.15) is 11.1 Å². The first-order valence-corrected chi connectivity index (χ1v) is 10.2. The predicted molar refractivity (Wildman–Crippen MR) is 118 cm³/mol. The lowest BCUT2D eigenvalue weighted by molar-refractivity contribution is -0.384. The minimum atomic E-state index is -0.420. The monoisotopic (exact) mass is 524 g/mol. The van der Waals surface area contributed by atoms with E-state index in [1.165, 1.54) is 12.1 Å². The summed E-state index contributed by atoms with van der Waals surface area (Å²) in [5.74, 6) is 0.711. The van der Waals surface area contributed by atoms with Gasteiger partial charge in [-0.25, -0.2) is 0 Å². The molecule has 1 N–H and O–H groups in total. The number of anilines is 1. The molecular formula is C20H15Br2ClN2O3. The average molecular weight is 527 g/mol. The molecule has 0 saturated carbocycles. The zero-order valence-corrected chi connectivity index (χ0v) is 18.4. The molecule has 28 heavy (non-hydrogen) atoms. The molecule has 5 nitrogen and oxygen atoms in total. The van der Waals surface area contributed by atoms with Crippen molar-refractivity contribution in [2.24, 2.45) is 0 Å². The van der Waals surface area contributed by atoms with Crippen LogP contribution in [-0.4, -0.2) is 4.92 Å². The van der Waals surface area contributed by atoms with Crippen molar-refractivity contribution in [3.05, 3.63) is 95.9 Å². The third kappa shape index (κ3) is 5.47. The summed E-state index contributed by atoms with van der Waals surface area (Å²) in [6.45, 7) is 0.849. The largest absolute Gasteiger partial charge is 0.487 e. The smallest absolute Gasteiger partial charge is 0.269 e. The van der Waals surface area contributed by atoms with Gasteiger partial charge in [0.1, 0.15) is 12.4 Å².